The van der Waals surface area contributed by atoms with Crippen LogP contribution in [0.15, 0.2) is 18.2 Å². The quantitative estimate of drug-likeness (QED) is 0.872. The van der Waals surface area contributed by atoms with Gasteiger partial charge in [-0.05, 0) is 11.6 Å². The molecule has 112 valence electrons. The maximum absolute atomic E-state index is 13.4. The Hall–Kier alpha value is -1.02. The first kappa shape index (κ1) is 15.4. The van der Waals surface area contributed by atoms with Crippen molar-refractivity contribution in [3.8, 4) is 0 Å². The van der Waals surface area contributed by atoms with E-state index in [4.69, 9.17) is 5.73 Å². The SMILES string of the molecule is CS(=O)(=O)N1CCN(Cc2ccc(F)c(CN)c2)CC1. The van der Waals surface area contributed by atoms with Gasteiger partial charge in [0.05, 0.1) is 6.26 Å². The van der Waals surface area contributed by atoms with Crippen LogP contribution in [0.2, 0.25) is 0 Å². The van der Waals surface area contributed by atoms with Crippen molar-refractivity contribution in [3.05, 3.63) is 35.1 Å². The lowest BCUT2D eigenvalue weighted by Gasteiger charge is -2.33. The molecule has 1 aliphatic heterocycles. The summed E-state index contributed by atoms with van der Waals surface area (Å²) in [7, 11) is -3.10. The molecule has 1 heterocycles. The summed E-state index contributed by atoms with van der Waals surface area (Å²) in [5.74, 6) is -0.279. The maximum Gasteiger partial charge on any atom is 0.211 e. The van der Waals surface area contributed by atoms with E-state index in [-0.39, 0.29) is 12.4 Å². The van der Waals surface area contributed by atoms with Gasteiger partial charge in [0.15, 0.2) is 0 Å². The zero-order chi connectivity index (χ0) is 14.8. The standard InChI is InChI=1S/C13H20FN3O2S/c1-20(18,19)17-6-4-16(5-7-17)10-11-2-3-13(14)12(8-11)9-15/h2-3,8H,4-7,9-10,15H2,1H3. The highest BCUT2D eigenvalue weighted by Crippen LogP contribution is 2.14. The first-order valence-corrected chi connectivity index (χ1v) is 8.40. The average molecular weight is 301 g/mol. The molecule has 0 unspecified atom stereocenters. The summed E-state index contributed by atoms with van der Waals surface area (Å²) in [5.41, 5.74) is 7.00. The number of hydrogen-bond acceptors (Lipinski definition) is 4. The predicted octanol–water partition coefficient (Wildman–Crippen LogP) is 0.362. The third-order valence-corrected chi connectivity index (χ3v) is 4.84. The summed E-state index contributed by atoms with van der Waals surface area (Å²) in [6.45, 7) is 3.24. The van der Waals surface area contributed by atoms with Crippen LogP contribution in [0.5, 0.6) is 0 Å². The molecule has 0 amide bonds. The monoisotopic (exact) mass is 301 g/mol. The van der Waals surface area contributed by atoms with Crippen molar-refractivity contribution in [2.75, 3.05) is 32.4 Å². The van der Waals surface area contributed by atoms with Gasteiger partial charge in [0.25, 0.3) is 0 Å². The van der Waals surface area contributed by atoms with Crippen LogP contribution < -0.4 is 5.73 Å². The maximum atomic E-state index is 13.4. The van der Waals surface area contributed by atoms with Gasteiger partial charge in [-0.25, -0.2) is 12.8 Å². The molecule has 0 saturated carbocycles. The zero-order valence-corrected chi connectivity index (χ0v) is 12.4. The normalized spacial score (nSPS) is 18.4. The summed E-state index contributed by atoms with van der Waals surface area (Å²) >= 11 is 0. The van der Waals surface area contributed by atoms with E-state index in [1.165, 1.54) is 16.6 Å². The van der Waals surface area contributed by atoms with Crippen molar-refractivity contribution >= 4 is 10.0 Å². The molecule has 0 aliphatic carbocycles. The van der Waals surface area contributed by atoms with Crippen LogP contribution in [-0.2, 0) is 23.1 Å². The van der Waals surface area contributed by atoms with Crippen LogP contribution in [0.4, 0.5) is 4.39 Å². The van der Waals surface area contributed by atoms with Crippen molar-refractivity contribution in [2.45, 2.75) is 13.1 Å². The van der Waals surface area contributed by atoms with Crippen molar-refractivity contribution in [1.82, 2.24) is 9.21 Å². The lowest BCUT2D eigenvalue weighted by atomic mass is 10.1. The smallest absolute Gasteiger partial charge is 0.211 e. The molecular formula is C13H20FN3O2S. The van der Waals surface area contributed by atoms with E-state index in [1.54, 1.807) is 12.1 Å². The number of halogens is 1. The van der Waals surface area contributed by atoms with Crippen LogP contribution in [0.3, 0.4) is 0 Å². The Morgan fingerprint density at radius 3 is 2.45 bits per heavy atom. The Kier molecular flexibility index (Phi) is 4.74. The number of nitrogens with two attached hydrogens (primary N) is 1. The molecule has 1 saturated heterocycles. The lowest BCUT2D eigenvalue weighted by Crippen LogP contribution is -2.47. The minimum Gasteiger partial charge on any atom is -0.326 e. The van der Waals surface area contributed by atoms with Gasteiger partial charge in [-0.2, -0.15) is 4.31 Å². The first-order valence-electron chi connectivity index (χ1n) is 6.55. The van der Waals surface area contributed by atoms with E-state index < -0.39 is 10.0 Å². The Bertz CT molecular complexity index is 569. The molecule has 0 spiro atoms. The average Bonchev–Trinajstić information content (AvgIpc) is 2.40. The fourth-order valence-corrected chi connectivity index (χ4v) is 3.19. The van der Waals surface area contributed by atoms with Gasteiger partial charge in [0, 0.05) is 44.8 Å². The molecule has 1 aromatic rings. The predicted molar refractivity (Wildman–Crippen MR) is 76.0 cm³/mol. The summed E-state index contributed by atoms with van der Waals surface area (Å²) in [6.07, 6.45) is 1.23. The first-order chi connectivity index (χ1) is 9.40. The highest BCUT2D eigenvalue weighted by atomic mass is 32.2. The van der Waals surface area contributed by atoms with Crippen LogP contribution in [-0.4, -0.2) is 50.1 Å². The minimum atomic E-state index is -3.10. The molecule has 1 fully saturated rings. The molecule has 1 aromatic carbocycles. The summed E-state index contributed by atoms with van der Waals surface area (Å²) in [4.78, 5) is 2.16. The van der Waals surface area contributed by atoms with E-state index in [0.717, 1.165) is 5.56 Å². The number of piperazine rings is 1. The van der Waals surface area contributed by atoms with Gasteiger partial charge in [-0.3, -0.25) is 4.90 Å². The minimum absolute atomic E-state index is 0.182. The molecule has 0 bridgehead atoms. The van der Waals surface area contributed by atoms with Crippen LogP contribution in [0, 0.1) is 5.82 Å². The summed E-state index contributed by atoms with van der Waals surface area (Å²) in [6, 6.07) is 4.96. The Morgan fingerprint density at radius 1 is 1.25 bits per heavy atom. The van der Waals surface area contributed by atoms with E-state index in [1.807, 2.05) is 0 Å². The van der Waals surface area contributed by atoms with E-state index in [9.17, 15) is 12.8 Å². The number of nitrogens with zero attached hydrogens (tertiary/aromatic N) is 2. The van der Waals surface area contributed by atoms with Crippen molar-refractivity contribution in [2.24, 2.45) is 5.73 Å². The topological polar surface area (TPSA) is 66.6 Å². The Labute approximate surface area is 119 Å². The van der Waals surface area contributed by atoms with Crippen LogP contribution in [0.1, 0.15) is 11.1 Å². The third-order valence-electron chi connectivity index (χ3n) is 3.54. The molecule has 2 N–H and O–H groups in total. The van der Waals surface area contributed by atoms with Gasteiger partial charge in [0.2, 0.25) is 10.0 Å². The van der Waals surface area contributed by atoms with Gasteiger partial charge >= 0.3 is 0 Å². The number of sulfonamides is 1. The molecule has 1 aliphatic rings. The highest BCUT2D eigenvalue weighted by molar-refractivity contribution is 7.88. The summed E-state index contributed by atoms with van der Waals surface area (Å²) in [5, 5.41) is 0. The Morgan fingerprint density at radius 2 is 1.90 bits per heavy atom. The highest BCUT2D eigenvalue weighted by Gasteiger charge is 2.23. The van der Waals surface area contributed by atoms with Gasteiger partial charge < -0.3 is 5.73 Å². The van der Waals surface area contributed by atoms with Crippen LogP contribution >= 0.6 is 0 Å². The molecule has 0 radical (unpaired) electrons. The number of benzene rings is 1. The fourth-order valence-electron chi connectivity index (χ4n) is 2.36. The van der Waals surface area contributed by atoms with Crippen LogP contribution in [0.25, 0.3) is 0 Å². The van der Waals surface area contributed by atoms with Gasteiger partial charge in [-0.1, -0.05) is 12.1 Å². The van der Waals surface area contributed by atoms with Crippen molar-refractivity contribution in [1.29, 1.82) is 0 Å². The molecule has 5 nitrogen and oxygen atoms in total. The lowest BCUT2D eigenvalue weighted by molar-refractivity contribution is 0.182. The van der Waals surface area contributed by atoms with Gasteiger partial charge in [-0.15, -0.1) is 0 Å². The fraction of sp³-hybridized carbons (Fsp3) is 0.538. The summed E-state index contributed by atoms with van der Waals surface area (Å²) < 4.78 is 37.7. The number of rotatable bonds is 4. The van der Waals surface area contributed by atoms with Crippen molar-refractivity contribution in [3.63, 3.8) is 0 Å². The second-order valence-electron chi connectivity index (χ2n) is 5.07. The molecule has 0 aromatic heterocycles. The number of hydrogen-bond donors (Lipinski definition) is 1. The molecule has 2 rings (SSSR count). The largest absolute Gasteiger partial charge is 0.326 e. The molecule has 0 atom stereocenters. The molecule has 20 heavy (non-hydrogen) atoms. The molecule has 7 heteroatoms. The Balaban J connectivity index is 1.96. The molecular weight excluding hydrogens is 281 g/mol. The van der Waals surface area contributed by atoms with Crippen molar-refractivity contribution < 1.29 is 12.8 Å². The van der Waals surface area contributed by atoms with E-state index in [2.05, 4.69) is 4.90 Å². The third kappa shape index (κ3) is 3.76. The van der Waals surface area contributed by atoms with E-state index in [0.29, 0.717) is 38.3 Å². The second-order valence-corrected chi connectivity index (χ2v) is 7.05. The van der Waals surface area contributed by atoms with E-state index >= 15 is 0 Å². The zero-order valence-electron chi connectivity index (χ0n) is 11.5. The van der Waals surface area contributed by atoms with Gasteiger partial charge in [0.1, 0.15) is 5.82 Å². The second kappa shape index (κ2) is 6.17.